The molecule has 4 unspecified atom stereocenters. The van der Waals surface area contributed by atoms with Crippen molar-refractivity contribution in [3.63, 3.8) is 0 Å². The summed E-state index contributed by atoms with van der Waals surface area (Å²) in [5.74, 6) is 1.83. The normalized spacial score (nSPS) is 62.3. The molecule has 4 rings (SSSR count). The van der Waals surface area contributed by atoms with Gasteiger partial charge in [0.1, 0.15) is 0 Å². The zero-order valence-corrected chi connectivity index (χ0v) is 15.0. The van der Waals surface area contributed by atoms with Crippen LogP contribution in [0, 0.1) is 34.5 Å². The summed E-state index contributed by atoms with van der Waals surface area (Å²) < 4.78 is 0. The fraction of sp³-hybridized carbons (Fsp3) is 1.00. The fourth-order valence-electron chi connectivity index (χ4n) is 7.45. The van der Waals surface area contributed by atoms with Crippen molar-refractivity contribution in [2.45, 2.75) is 89.9 Å². The first-order chi connectivity index (χ1) is 10.7. The van der Waals surface area contributed by atoms with E-state index in [9.17, 15) is 15.3 Å². The van der Waals surface area contributed by atoms with Crippen LogP contribution in [0.3, 0.4) is 0 Å². The van der Waals surface area contributed by atoms with Gasteiger partial charge in [-0.3, -0.25) is 0 Å². The molecule has 0 radical (unpaired) electrons. The first-order valence-corrected chi connectivity index (χ1v) is 9.77. The van der Waals surface area contributed by atoms with Crippen molar-refractivity contribution in [2.75, 3.05) is 0 Å². The lowest BCUT2D eigenvalue weighted by molar-refractivity contribution is -0.188. The average Bonchev–Trinajstić information content (AvgIpc) is 2.72. The minimum atomic E-state index is -0.580. The van der Waals surface area contributed by atoms with Crippen LogP contribution in [0.1, 0.15) is 72.1 Å². The van der Waals surface area contributed by atoms with E-state index >= 15 is 0 Å². The lowest BCUT2D eigenvalue weighted by atomic mass is 9.44. The molecule has 3 heteroatoms. The van der Waals surface area contributed by atoms with Crippen molar-refractivity contribution in [1.29, 1.82) is 0 Å². The van der Waals surface area contributed by atoms with Gasteiger partial charge in [0.25, 0.3) is 0 Å². The molecule has 9 atom stereocenters. The first-order valence-electron chi connectivity index (χ1n) is 9.77. The van der Waals surface area contributed by atoms with Crippen LogP contribution in [0.5, 0.6) is 0 Å². The van der Waals surface area contributed by atoms with Gasteiger partial charge in [-0.15, -0.1) is 0 Å². The minimum absolute atomic E-state index is 0.0352. The lowest BCUT2D eigenvalue weighted by Crippen LogP contribution is -2.60. The van der Waals surface area contributed by atoms with E-state index in [-0.39, 0.29) is 23.0 Å². The van der Waals surface area contributed by atoms with E-state index < -0.39 is 5.60 Å². The third-order valence-corrected chi connectivity index (χ3v) is 9.22. The predicted molar refractivity (Wildman–Crippen MR) is 89.7 cm³/mol. The van der Waals surface area contributed by atoms with Crippen molar-refractivity contribution in [3.8, 4) is 0 Å². The van der Waals surface area contributed by atoms with Crippen LogP contribution in [0.25, 0.3) is 0 Å². The smallest absolute Gasteiger partial charge is 0.0675 e. The molecule has 0 bridgehead atoms. The second-order valence-electron chi connectivity index (χ2n) is 9.99. The highest BCUT2D eigenvalue weighted by Crippen LogP contribution is 2.68. The Bertz CT molecular complexity index is 489. The van der Waals surface area contributed by atoms with Gasteiger partial charge in [-0.25, -0.2) is 0 Å². The van der Waals surface area contributed by atoms with Crippen molar-refractivity contribution in [2.24, 2.45) is 34.5 Å². The highest BCUT2D eigenvalue weighted by atomic mass is 16.3. The molecule has 0 spiro atoms. The third kappa shape index (κ3) is 2.05. The summed E-state index contributed by atoms with van der Waals surface area (Å²) in [5.41, 5.74) is -0.339. The number of aliphatic hydroxyl groups is 3. The Morgan fingerprint density at radius 2 is 1.52 bits per heavy atom. The summed E-state index contributed by atoms with van der Waals surface area (Å²) in [7, 11) is 0. The van der Waals surface area contributed by atoms with E-state index in [1.807, 2.05) is 6.92 Å². The van der Waals surface area contributed by atoms with Crippen LogP contribution in [-0.4, -0.2) is 33.1 Å². The third-order valence-electron chi connectivity index (χ3n) is 9.22. The van der Waals surface area contributed by atoms with E-state index in [4.69, 9.17) is 0 Å². The molecule has 4 saturated carbocycles. The van der Waals surface area contributed by atoms with Crippen LogP contribution in [-0.2, 0) is 0 Å². The number of rotatable bonds is 0. The van der Waals surface area contributed by atoms with Crippen molar-refractivity contribution < 1.29 is 15.3 Å². The molecule has 4 fully saturated rings. The van der Waals surface area contributed by atoms with Gasteiger partial charge in [0.2, 0.25) is 0 Å². The summed E-state index contributed by atoms with van der Waals surface area (Å²) in [5, 5.41) is 32.0. The molecule has 0 aromatic carbocycles. The van der Waals surface area contributed by atoms with Gasteiger partial charge in [0.15, 0.2) is 0 Å². The Morgan fingerprint density at radius 1 is 0.826 bits per heavy atom. The van der Waals surface area contributed by atoms with Gasteiger partial charge in [-0.05, 0) is 92.8 Å². The maximum Gasteiger partial charge on any atom is 0.0675 e. The molecular weight excluding hydrogens is 288 g/mol. The number of fused-ring (bicyclic) bond motifs is 5. The Kier molecular flexibility index (Phi) is 3.52. The Hall–Kier alpha value is -0.120. The Morgan fingerprint density at radius 3 is 2.26 bits per heavy atom. The molecule has 0 saturated heterocycles. The highest BCUT2D eigenvalue weighted by Gasteiger charge is 2.65. The van der Waals surface area contributed by atoms with Gasteiger partial charge >= 0.3 is 0 Å². The van der Waals surface area contributed by atoms with Gasteiger partial charge in [-0.1, -0.05) is 13.8 Å². The molecule has 0 aromatic rings. The summed E-state index contributed by atoms with van der Waals surface area (Å²) >= 11 is 0. The van der Waals surface area contributed by atoms with Crippen LogP contribution in [0.4, 0.5) is 0 Å². The molecule has 4 aliphatic rings. The second kappa shape index (κ2) is 4.95. The fourth-order valence-corrected chi connectivity index (χ4v) is 7.45. The van der Waals surface area contributed by atoms with Gasteiger partial charge in [-0.2, -0.15) is 0 Å². The summed E-state index contributed by atoms with van der Waals surface area (Å²) in [6, 6.07) is 0. The van der Waals surface area contributed by atoms with E-state index in [0.29, 0.717) is 23.7 Å². The quantitative estimate of drug-likeness (QED) is 0.642. The summed E-state index contributed by atoms with van der Waals surface area (Å²) in [6.07, 6.45) is 7.49. The van der Waals surface area contributed by atoms with Gasteiger partial charge in [0, 0.05) is 0 Å². The number of aliphatic hydroxyl groups excluding tert-OH is 2. The molecule has 3 nitrogen and oxygen atoms in total. The molecule has 132 valence electrons. The molecule has 0 heterocycles. The average molecular weight is 322 g/mol. The largest absolute Gasteiger partial charge is 0.393 e. The molecule has 0 amide bonds. The monoisotopic (exact) mass is 322 g/mol. The van der Waals surface area contributed by atoms with Crippen molar-refractivity contribution in [1.82, 2.24) is 0 Å². The molecule has 23 heavy (non-hydrogen) atoms. The van der Waals surface area contributed by atoms with E-state index in [0.717, 1.165) is 51.4 Å². The Labute approximate surface area is 140 Å². The highest BCUT2D eigenvalue weighted by molar-refractivity contribution is 5.14. The van der Waals surface area contributed by atoms with E-state index in [1.165, 1.54) is 0 Å². The standard InChI is InChI=1S/C20H34O3/c1-18-7-4-13(21)10-12(18)11-16(22)17-14(18)5-8-19(2)15(17)6-9-20(19,3)23/h12-17,21-23H,4-11H2,1-3H3/t12?,13?,14-,15+,16?,17-,18+,19+,20?/m1/s1. The van der Waals surface area contributed by atoms with Crippen molar-refractivity contribution in [3.05, 3.63) is 0 Å². The number of hydrogen-bond acceptors (Lipinski definition) is 3. The molecule has 0 aliphatic heterocycles. The second-order valence-corrected chi connectivity index (χ2v) is 9.99. The van der Waals surface area contributed by atoms with E-state index in [1.54, 1.807) is 0 Å². The summed E-state index contributed by atoms with van der Waals surface area (Å²) in [6.45, 7) is 6.72. The van der Waals surface area contributed by atoms with Gasteiger partial charge < -0.3 is 15.3 Å². The topological polar surface area (TPSA) is 60.7 Å². The summed E-state index contributed by atoms with van der Waals surface area (Å²) in [4.78, 5) is 0. The Balaban J connectivity index is 1.68. The molecular formula is C20H34O3. The van der Waals surface area contributed by atoms with Crippen molar-refractivity contribution >= 4 is 0 Å². The van der Waals surface area contributed by atoms with E-state index in [2.05, 4.69) is 13.8 Å². The molecule has 4 aliphatic carbocycles. The molecule has 3 N–H and O–H groups in total. The van der Waals surface area contributed by atoms with Crippen LogP contribution in [0.15, 0.2) is 0 Å². The van der Waals surface area contributed by atoms with Crippen LogP contribution >= 0.6 is 0 Å². The zero-order chi connectivity index (χ0) is 16.6. The molecule has 0 aromatic heterocycles. The van der Waals surface area contributed by atoms with Crippen LogP contribution < -0.4 is 0 Å². The zero-order valence-electron chi connectivity index (χ0n) is 15.0. The van der Waals surface area contributed by atoms with Crippen LogP contribution in [0.2, 0.25) is 0 Å². The SMILES string of the molecule is CC1(O)CC[C@H]2[C@@H]3C(O)CC4CC(O)CC[C@]4(C)[C@@H]3CC[C@@]21C. The lowest BCUT2D eigenvalue weighted by Gasteiger charge is -2.62. The minimum Gasteiger partial charge on any atom is -0.393 e. The maximum atomic E-state index is 11.0. The number of hydrogen-bond donors (Lipinski definition) is 3. The predicted octanol–water partition coefficient (Wildman–Crippen LogP) is 3.11. The maximum absolute atomic E-state index is 11.0. The first kappa shape index (κ1) is 16.4. The van der Waals surface area contributed by atoms with Gasteiger partial charge in [0.05, 0.1) is 17.8 Å².